The minimum Gasteiger partial charge on any atom is -0.393 e. The number of aryl methyl sites for hydroxylation is 1. The Hall–Kier alpha value is -1.72. The van der Waals surface area contributed by atoms with E-state index in [0.717, 1.165) is 44.9 Å². The van der Waals surface area contributed by atoms with Crippen molar-refractivity contribution in [2.75, 3.05) is 0 Å². The van der Waals surface area contributed by atoms with Crippen LogP contribution < -0.4 is 5.32 Å². The maximum absolute atomic E-state index is 12.7. The first-order valence-corrected chi connectivity index (χ1v) is 13.1. The second kappa shape index (κ2) is 12.7. The summed E-state index contributed by atoms with van der Waals surface area (Å²) in [4.78, 5) is 24.5. The molecule has 1 aromatic carbocycles. The molecule has 6 atom stereocenters. The van der Waals surface area contributed by atoms with E-state index >= 15 is 0 Å². The van der Waals surface area contributed by atoms with Crippen LogP contribution in [0.5, 0.6) is 0 Å². The van der Waals surface area contributed by atoms with E-state index < -0.39 is 12.2 Å². The van der Waals surface area contributed by atoms with Crippen LogP contribution in [0.25, 0.3) is 0 Å². The molecule has 5 heteroatoms. The monoisotopic (exact) mass is 457 g/mol. The molecule has 2 saturated carbocycles. The standard InChI is InChI=1S/C28H43NO4/c1-19(7-6-10-27(33)29-22-13-14-22)11-16-24-25(31)18-26(32)28(24)20(2)17-23(30)15-12-21-8-4-3-5-9-21/h3-5,8-9,19-20,22-25,28,30-31H,6-7,10-18H2,1-2H3,(H,29,33)/t19-,20-,23-,24-,25-,28+/m0/s1. The van der Waals surface area contributed by atoms with Crippen LogP contribution >= 0.6 is 0 Å². The molecule has 2 aliphatic rings. The molecule has 0 radical (unpaired) electrons. The Kier molecular flexibility index (Phi) is 9.94. The molecule has 1 aromatic rings. The Bertz CT molecular complexity index is 748. The Labute approximate surface area is 199 Å². The fourth-order valence-corrected chi connectivity index (χ4v) is 5.51. The van der Waals surface area contributed by atoms with Crippen molar-refractivity contribution in [1.82, 2.24) is 5.32 Å². The quantitative estimate of drug-likeness (QED) is 0.386. The van der Waals surface area contributed by atoms with E-state index in [4.69, 9.17) is 0 Å². The number of aliphatic hydroxyl groups is 2. The van der Waals surface area contributed by atoms with Crippen LogP contribution in [0.3, 0.4) is 0 Å². The summed E-state index contributed by atoms with van der Waals surface area (Å²) in [5.41, 5.74) is 1.22. The molecule has 2 fully saturated rings. The van der Waals surface area contributed by atoms with Gasteiger partial charge in [-0.25, -0.2) is 0 Å². The lowest BCUT2D eigenvalue weighted by atomic mass is 9.77. The molecule has 0 bridgehead atoms. The highest BCUT2D eigenvalue weighted by molar-refractivity contribution is 5.84. The van der Waals surface area contributed by atoms with Crippen LogP contribution in [-0.4, -0.2) is 40.2 Å². The second-order valence-electron chi connectivity index (χ2n) is 10.7. The van der Waals surface area contributed by atoms with Crippen LogP contribution in [0.2, 0.25) is 0 Å². The Balaban J connectivity index is 1.40. The van der Waals surface area contributed by atoms with Gasteiger partial charge in [-0.15, -0.1) is 0 Å². The van der Waals surface area contributed by atoms with Gasteiger partial charge in [0.1, 0.15) is 5.78 Å². The molecule has 3 rings (SSSR count). The summed E-state index contributed by atoms with van der Waals surface area (Å²) in [7, 11) is 0. The van der Waals surface area contributed by atoms with E-state index in [-0.39, 0.29) is 35.9 Å². The lowest BCUT2D eigenvalue weighted by molar-refractivity contribution is -0.123. The van der Waals surface area contributed by atoms with Gasteiger partial charge in [0.15, 0.2) is 0 Å². The van der Waals surface area contributed by atoms with Crippen molar-refractivity contribution in [2.24, 2.45) is 23.7 Å². The van der Waals surface area contributed by atoms with Crippen molar-refractivity contribution in [3.63, 3.8) is 0 Å². The highest BCUT2D eigenvalue weighted by atomic mass is 16.3. The first-order valence-electron chi connectivity index (χ1n) is 13.1. The second-order valence-corrected chi connectivity index (χ2v) is 10.7. The summed E-state index contributed by atoms with van der Waals surface area (Å²) in [5, 5.41) is 24.2. The maximum Gasteiger partial charge on any atom is 0.220 e. The molecule has 5 nitrogen and oxygen atoms in total. The first-order chi connectivity index (χ1) is 15.8. The van der Waals surface area contributed by atoms with Crippen molar-refractivity contribution >= 4 is 11.7 Å². The number of hydrogen-bond donors (Lipinski definition) is 3. The Morgan fingerprint density at radius 1 is 1.12 bits per heavy atom. The third kappa shape index (κ3) is 8.53. The van der Waals surface area contributed by atoms with Gasteiger partial charge >= 0.3 is 0 Å². The highest BCUT2D eigenvalue weighted by Crippen LogP contribution is 2.40. The van der Waals surface area contributed by atoms with Crippen LogP contribution in [-0.2, 0) is 16.0 Å². The van der Waals surface area contributed by atoms with E-state index in [1.54, 1.807) is 0 Å². The molecular weight excluding hydrogens is 414 g/mol. The topological polar surface area (TPSA) is 86.6 Å². The summed E-state index contributed by atoms with van der Waals surface area (Å²) in [6, 6.07) is 10.6. The zero-order valence-electron chi connectivity index (χ0n) is 20.4. The van der Waals surface area contributed by atoms with Crippen LogP contribution in [0.1, 0.15) is 83.6 Å². The average Bonchev–Trinajstić information content (AvgIpc) is 3.54. The number of hydrogen-bond acceptors (Lipinski definition) is 4. The van der Waals surface area contributed by atoms with E-state index in [9.17, 15) is 19.8 Å². The third-order valence-electron chi connectivity index (χ3n) is 7.64. The number of carbonyl (C=O) groups excluding carboxylic acids is 2. The Morgan fingerprint density at radius 3 is 2.55 bits per heavy atom. The predicted octanol–water partition coefficient (Wildman–Crippen LogP) is 4.44. The van der Waals surface area contributed by atoms with Gasteiger partial charge in [0.2, 0.25) is 5.91 Å². The maximum atomic E-state index is 12.7. The van der Waals surface area contributed by atoms with Crippen LogP contribution in [0, 0.1) is 23.7 Å². The molecule has 184 valence electrons. The van der Waals surface area contributed by atoms with E-state index in [0.29, 0.717) is 31.2 Å². The van der Waals surface area contributed by atoms with Gasteiger partial charge in [0.05, 0.1) is 12.2 Å². The zero-order valence-corrected chi connectivity index (χ0v) is 20.4. The number of rotatable bonds is 14. The molecule has 0 aromatic heterocycles. The molecule has 0 spiro atoms. The lowest BCUT2D eigenvalue weighted by Crippen LogP contribution is -2.29. The fraction of sp³-hybridized carbons (Fsp3) is 0.714. The lowest BCUT2D eigenvalue weighted by Gasteiger charge is -2.28. The molecule has 3 N–H and O–H groups in total. The number of ketones is 1. The SMILES string of the molecule is C[C@@H](CCCC(=O)NC1CC1)CC[C@@H]1[C@@H]([C@@H](C)C[C@@H](O)CCc2ccccc2)C(=O)C[C@@H]1O. The molecular formula is C28H43NO4. The van der Waals surface area contributed by atoms with Gasteiger partial charge in [0.25, 0.3) is 0 Å². The first kappa shape index (κ1) is 25.9. The number of nitrogens with one attached hydrogen (secondary N) is 1. The molecule has 0 unspecified atom stereocenters. The Morgan fingerprint density at radius 2 is 1.85 bits per heavy atom. The number of aliphatic hydroxyl groups excluding tert-OH is 2. The molecule has 0 heterocycles. The molecule has 33 heavy (non-hydrogen) atoms. The summed E-state index contributed by atoms with van der Waals surface area (Å²) in [5.74, 6) is 0.666. The van der Waals surface area contributed by atoms with E-state index in [1.165, 1.54) is 5.56 Å². The average molecular weight is 458 g/mol. The van der Waals surface area contributed by atoms with E-state index in [1.807, 2.05) is 18.2 Å². The van der Waals surface area contributed by atoms with E-state index in [2.05, 4.69) is 31.3 Å². The van der Waals surface area contributed by atoms with Crippen molar-refractivity contribution in [2.45, 2.75) is 103 Å². The fourth-order valence-electron chi connectivity index (χ4n) is 5.51. The molecule has 0 aliphatic heterocycles. The van der Waals surface area contributed by atoms with Gasteiger partial charge < -0.3 is 15.5 Å². The number of benzene rings is 1. The molecule has 2 aliphatic carbocycles. The minimum atomic E-state index is -0.567. The predicted molar refractivity (Wildman–Crippen MR) is 131 cm³/mol. The van der Waals surface area contributed by atoms with Crippen LogP contribution in [0.15, 0.2) is 30.3 Å². The van der Waals surface area contributed by atoms with Crippen molar-refractivity contribution in [3.8, 4) is 0 Å². The van der Waals surface area contributed by atoms with Crippen molar-refractivity contribution in [1.29, 1.82) is 0 Å². The van der Waals surface area contributed by atoms with Gasteiger partial charge in [0, 0.05) is 24.8 Å². The van der Waals surface area contributed by atoms with Crippen molar-refractivity contribution < 1.29 is 19.8 Å². The van der Waals surface area contributed by atoms with Gasteiger partial charge in [-0.3, -0.25) is 9.59 Å². The smallest absolute Gasteiger partial charge is 0.220 e. The zero-order chi connectivity index (χ0) is 23.8. The van der Waals surface area contributed by atoms with Gasteiger partial charge in [-0.1, -0.05) is 57.0 Å². The van der Waals surface area contributed by atoms with Gasteiger partial charge in [-0.2, -0.15) is 0 Å². The van der Waals surface area contributed by atoms with Crippen molar-refractivity contribution in [3.05, 3.63) is 35.9 Å². The molecule has 1 amide bonds. The number of Topliss-reactive ketones (excluding diaryl/α,β-unsaturated/α-hetero) is 1. The van der Waals surface area contributed by atoms with Gasteiger partial charge in [-0.05, 0) is 68.3 Å². The minimum absolute atomic E-state index is 0.0190. The van der Waals surface area contributed by atoms with Crippen LogP contribution in [0.4, 0.5) is 0 Å². The summed E-state index contributed by atoms with van der Waals surface area (Å²) >= 11 is 0. The number of carbonyl (C=O) groups is 2. The molecule has 0 saturated heterocycles. The number of amides is 1. The summed E-state index contributed by atoms with van der Waals surface area (Å²) in [6.45, 7) is 4.26. The normalized spacial score (nSPS) is 25.6. The summed E-state index contributed by atoms with van der Waals surface area (Å²) in [6.07, 6.45) is 7.85. The largest absolute Gasteiger partial charge is 0.393 e. The highest BCUT2D eigenvalue weighted by Gasteiger charge is 2.44. The third-order valence-corrected chi connectivity index (χ3v) is 7.64. The summed E-state index contributed by atoms with van der Waals surface area (Å²) < 4.78 is 0.